The zero-order chi connectivity index (χ0) is 22.0. The zero-order valence-electron chi connectivity index (χ0n) is 17.5. The Hall–Kier alpha value is -2.68. The first kappa shape index (κ1) is 21.5. The van der Waals surface area contributed by atoms with E-state index in [0.29, 0.717) is 30.8 Å². The molecule has 3 aromatic rings. The van der Waals surface area contributed by atoms with E-state index in [0.717, 1.165) is 11.1 Å². The fourth-order valence-electron chi connectivity index (χ4n) is 3.84. The zero-order valence-corrected chi connectivity index (χ0v) is 19.1. The van der Waals surface area contributed by atoms with Gasteiger partial charge in [0.25, 0.3) is 15.9 Å². The molecule has 0 radical (unpaired) electrons. The third-order valence-electron chi connectivity index (χ3n) is 5.54. The summed E-state index contributed by atoms with van der Waals surface area (Å²) in [5.74, 6) is -0.291. The molecule has 8 heteroatoms. The molecule has 2 heterocycles. The van der Waals surface area contributed by atoms with E-state index in [1.807, 2.05) is 54.7 Å². The predicted molar refractivity (Wildman–Crippen MR) is 124 cm³/mol. The molecule has 31 heavy (non-hydrogen) atoms. The van der Waals surface area contributed by atoms with Gasteiger partial charge < -0.3 is 10.2 Å². The lowest BCUT2D eigenvalue weighted by Crippen LogP contribution is -2.34. The SMILES string of the molecule is CN(C)C(CNC(=O)c1cccc(S(=O)(=O)N2CCc3ccccc32)c1)c1ccsc1. The van der Waals surface area contributed by atoms with Crippen LogP contribution in [0.3, 0.4) is 0 Å². The van der Waals surface area contributed by atoms with Gasteiger partial charge in [-0.15, -0.1) is 0 Å². The molecule has 4 rings (SSSR count). The van der Waals surface area contributed by atoms with Crippen LogP contribution in [-0.4, -0.2) is 46.4 Å². The highest BCUT2D eigenvalue weighted by Gasteiger charge is 2.31. The Labute approximate surface area is 187 Å². The van der Waals surface area contributed by atoms with E-state index in [9.17, 15) is 13.2 Å². The first-order valence-electron chi connectivity index (χ1n) is 10.1. The average molecular weight is 456 g/mol. The van der Waals surface area contributed by atoms with Crippen molar-refractivity contribution < 1.29 is 13.2 Å². The van der Waals surface area contributed by atoms with Gasteiger partial charge in [-0.05, 0) is 72.7 Å². The van der Waals surface area contributed by atoms with E-state index < -0.39 is 10.0 Å². The molecule has 1 aliphatic heterocycles. The summed E-state index contributed by atoms with van der Waals surface area (Å²) >= 11 is 1.62. The third kappa shape index (κ3) is 4.37. The van der Waals surface area contributed by atoms with E-state index in [2.05, 4.69) is 10.7 Å². The number of sulfonamides is 1. The number of hydrogen-bond donors (Lipinski definition) is 1. The monoisotopic (exact) mass is 455 g/mol. The minimum atomic E-state index is -3.74. The number of para-hydroxylation sites is 1. The molecule has 6 nitrogen and oxygen atoms in total. The lowest BCUT2D eigenvalue weighted by molar-refractivity contribution is 0.0941. The van der Waals surface area contributed by atoms with Gasteiger partial charge in [-0.3, -0.25) is 9.10 Å². The second kappa shape index (κ2) is 8.82. The average Bonchev–Trinajstić information content (AvgIpc) is 3.44. The minimum absolute atomic E-state index is 0.0446. The maximum absolute atomic E-state index is 13.3. The van der Waals surface area contributed by atoms with Crippen molar-refractivity contribution >= 4 is 33.0 Å². The van der Waals surface area contributed by atoms with Crippen LogP contribution in [0, 0.1) is 0 Å². The van der Waals surface area contributed by atoms with Gasteiger partial charge >= 0.3 is 0 Å². The Morgan fingerprint density at radius 1 is 1.16 bits per heavy atom. The first-order valence-corrected chi connectivity index (χ1v) is 12.4. The number of nitrogens with zero attached hydrogens (tertiary/aromatic N) is 2. The lowest BCUT2D eigenvalue weighted by Gasteiger charge is -2.24. The van der Waals surface area contributed by atoms with Gasteiger partial charge in [0.2, 0.25) is 0 Å². The first-order chi connectivity index (χ1) is 14.9. The van der Waals surface area contributed by atoms with Crippen LogP contribution in [-0.2, 0) is 16.4 Å². The lowest BCUT2D eigenvalue weighted by atomic mass is 10.1. The second-order valence-electron chi connectivity index (χ2n) is 7.73. The van der Waals surface area contributed by atoms with Gasteiger partial charge in [-0.2, -0.15) is 11.3 Å². The maximum atomic E-state index is 13.3. The van der Waals surface area contributed by atoms with Crippen LogP contribution in [0.15, 0.2) is 70.3 Å². The number of rotatable bonds is 7. The van der Waals surface area contributed by atoms with Crippen LogP contribution in [0.4, 0.5) is 5.69 Å². The molecular weight excluding hydrogens is 430 g/mol. The molecule has 1 aromatic heterocycles. The van der Waals surface area contributed by atoms with Gasteiger partial charge in [-0.1, -0.05) is 24.3 Å². The predicted octanol–water partition coefficient (Wildman–Crippen LogP) is 3.53. The number of fused-ring (bicyclic) bond motifs is 1. The fourth-order valence-corrected chi connectivity index (χ4v) is 6.09. The molecule has 0 saturated heterocycles. The maximum Gasteiger partial charge on any atom is 0.264 e. The van der Waals surface area contributed by atoms with E-state index in [1.54, 1.807) is 29.5 Å². The third-order valence-corrected chi connectivity index (χ3v) is 8.05. The number of benzene rings is 2. The quantitative estimate of drug-likeness (QED) is 0.592. The number of likely N-dealkylation sites (N-methyl/N-ethyl adjacent to an activating group) is 1. The Balaban J connectivity index is 1.52. The second-order valence-corrected chi connectivity index (χ2v) is 10.4. The number of anilines is 1. The van der Waals surface area contributed by atoms with Gasteiger partial charge in [0.15, 0.2) is 0 Å². The molecule has 1 atom stereocenters. The van der Waals surface area contributed by atoms with Gasteiger partial charge in [-0.25, -0.2) is 8.42 Å². The van der Waals surface area contributed by atoms with E-state index in [-0.39, 0.29) is 16.8 Å². The molecule has 1 aliphatic rings. The van der Waals surface area contributed by atoms with Crippen molar-refractivity contribution in [2.24, 2.45) is 0 Å². The number of amides is 1. The van der Waals surface area contributed by atoms with Crippen molar-refractivity contribution in [3.05, 3.63) is 82.0 Å². The summed E-state index contributed by atoms with van der Waals surface area (Å²) in [4.78, 5) is 15.0. The molecule has 1 amide bonds. The van der Waals surface area contributed by atoms with E-state index in [1.165, 1.54) is 10.4 Å². The molecule has 0 aliphatic carbocycles. The smallest absolute Gasteiger partial charge is 0.264 e. The molecule has 2 aromatic carbocycles. The number of carbonyl (C=O) groups excluding carboxylic acids is 1. The normalized spacial score (nSPS) is 14.5. The topological polar surface area (TPSA) is 69.7 Å². The minimum Gasteiger partial charge on any atom is -0.350 e. The van der Waals surface area contributed by atoms with Gasteiger partial charge in [0.05, 0.1) is 16.6 Å². The largest absolute Gasteiger partial charge is 0.350 e. The summed E-state index contributed by atoms with van der Waals surface area (Å²) < 4.78 is 28.0. The van der Waals surface area contributed by atoms with Gasteiger partial charge in [0.1, 0.15) is 0 Å². The van der Waals surface area contributed by atoms with Crippen LogP contribution in [0.2, 0.25) is 0 Å². The molecule has 1 N–H and O–H groups in total. The fraction of sp³-hybridized carbons (Fsp3) is 0.261. The summed E-state index contributed by atoms with van der Waals surface area (Å²) in [5, 5.41) is 7.03. The van der Waals surface area contributed by atoms with Crippen LogP contribution in [0.1, 0.15) is 27.5 Å². The van der Waals surface area contributed by atoms with Gasteiger partial charge in [0, 0.05) is 18.7 Å². The standard InChI is InChI=1S/C23H25N3O3S2/c1-25(2)22(19-11-13-30-16-19)15-24-23(27)18-7-5-8-20(14-18)31(28,29)26-12-10-17-6-3-4-9-21(17)26/h3-9,11,13-14,16,22H,10,12,15H2,1-2H3,(H,24,27). The number of hydrogen-bond acceptors (Lipinski definition) is 5. The summed E-state index contributed by atoms with van der Waals surface area (Å²) in [7, 11) is 0.194. The van der Waals surface area contributed by atoms with Crippen molar-refractivity contribution in [2.75, 3.05) is 31.5 Å². The molecular formula is C23H25N3O3S2. The Bertz CT molecular complexity index is 1170. The molecule has 0 fully saturated rings. The van der Waals surface area contributed by atoms with Crippen molar-refractivity contribution in [1.29, 1.82) is 0 Å². The molecule has 0 spiro atoms. The molecule has 1 unspecified atom stereocenters. The molecule has 0 bridgehead atoms. The Morgan fingerprint density at radius 3 is 2.71 bits per heavy atom. The van der Waals surface area contributed by atoms with Crippen molar-refractivity contribution in [3.8, 4) is 0 Å². The van der Waals surface area contributed by atoms with Crippen LogP contribution in [0.5, 0.6) is 0 Å². The highest BCUT2D eigenvalue weighted by Crippen LogP contribution is 2.32. The number of thiophene rings is 1. The summed E-state index contributed by atoms with van der Waals surface area (Å²) in [6, 6.07) is 15.9. The van der Waals surface area contributed by atoms with Crippen molar-refractivity contribution in [1.82, 2.24) is 10.2 Å². The Kier molecular flexibility index (Phi) is 6.13. The summed E-state index contributed by atoms with van der Waals surface area (Å²) in [5.41, 5.74) is 3.20. The highest BCUT2D eigenvalue weighted by atomic mass is 32.2. The Morgan fingerprint density at radius 2 is 1.97 bits per heavy atom. The summed E-state index contributed by atoms with van der Waals surface area (Å²) in [6.45, 7) is 0.836. The van der Waals surface area contributed by atoms with Crippen molar-refractivity contribution in [2.45, 2.75) is 17.4 Å². The van der Waals surface area contributed by atoms with Crippen LogP contribution in [0.25, 0.3) is 0 Å². The van der Waals surface area contributed by atoms with Crippen LogP contribution < -0.4 is 9.62 Å². The summed E-state index contributed by atoms with van der Waals surface area (Å²) in [6.07, 6.45) is 0.685. The van der Waals surface area contributed by atoms with E-state index >= 15 is 0 Å². The van der Waals surface area contributed by atoms with Crippen LogP contribution >= 0.6 is 11.3 Å². The number of nitrogens with one attached hydrogen (secondary N) is 1. The highest BCUT2D eigenvalue weighted by molar-refractivity contribution is 7.92. The molecule has 0 saturated carbocycles. The number of carbonyl (C=O) groups is 1. The van der Waals surface area contributed by atoms with Crippen molar-refractivity contribution in [3.63, 3.8) is 0 Å². The molecule has 162 valence electrons. The van der Waals surface area contributed by atoms with E-state index in [4.69, 9.17) is 0 Å².